The fraction of sp³-hybridized carbons (Fsp3) is 0.526. The summed E-state index contributed by atoms with van der Waals surface area (Å²) in [5, 5.41) is 1.29. The number of carbonyl (C=O) groups excluding carboxylic acids is 1. The van der Waals surface area contributed by atoms with Gasteiger partial charge >= 0.3 is 6.09 Å². The predicted octanol–water partition coefficient (Wildman–Crippen LogP) is 4.24. The Morgan fingerprint density at radius 2 is 2.09 bits per heavy atom. The molecule has 1 aromatic carbocycles. The van der Waals surface area contributed by atoms with Crippen LogP contribution < -0.4 is 0 Å². The van der Waals surface area contributed by atoms with Gasteiger partial charge in [0.25, 0.3) is 0 Å². The number of hydrogen-bond acceptors (Lipinski definition) is 2. The number of aromatic nitrogens is 1. The van der Waals surface area contributed by atoms with Crippen LogP contribution in [0.5, 0.6) is 0 Å². The van der Waals surface area contributed by atoms with Crippen LogP contribution in [-0.4, -0.2) is 29.1 Å². The Hall–Kier alpha value is -1.97. The van der Waals surface area contributed by atoms with Crippen molar-refractivity contribution < 1.29 is 9.53 Å². The molecular weight excluding hydrogens is 288 g/mol. The summed E-state index contributed by atoms with van der Waals surface area (Å²) in [4.78, 5) is 17.6. The first-order chi connectivity index (χ1) is 11.3. The van der Waals surface area contributed by atoms with Gasteiger partial charge in [-0.05, 0) is 30.4 Å². The Kier molecular flexibility index (Phi) is 3.98. The molecule has 1 aliphatic heterocycles. The van der Waals surface area contributed by atoms with Gasteiger partial charge in [0, 0.05) is 23.1 Å². The van der Waals surface area contributed by atoms with Crippen LogP contribution in [0.1, 0.15) is 43.4 Å². The van der Waals surface area contributed by atoms with Crippen molar-refractivity contribution in [2.24, 2.45) is 5.92 Å². The first kappa shape index (κ1) is 14.6. The number of ether oxygens (including phenoxy) is 1. The van der Waals surface area contributed by atoms with Gasteiger partial charge in [-0.25, -0.2) is 4.79 Å². The molecule has 0 bridgehead atoms. The molecule has 4 rings (SSSR count). The maximum Gasteiger partial charge on any atom is 0.410 e. The minimum atomic E-state index is -0.160. The fourth-order valence-corrected chi connectivity index (χ4v) is 4.05. The van der Waals surface area contributed by atoms with E-state index in [2.05, 4.69) is 23.2 Å². The normalized spacial score (nSPS) is 18.3. The number of hydrogen-bond donors (Lipinski definition) is 1. The number of amides is 1. The molecule has 0 atom stereocenters. The molecule has 0 radical (unpaired) electrons. The van der Waals surface area contributed by atoms with Gasteiger partial charge in [0.2, 0.25) is 0 Å². The van der Waals surface area contributed by atoms with Crippen molar-refractivity contribution in [2.45, 2.75) is 45.1 Å². The van der Waals surface area contributed by atoms with Gasteiger partial charge in [0.05, 0.1) is 13.2 Å². The van der Waals surface area contributed by atoms with Gasteiger partial charge in [-0.3, -0.25) is 0 Å². The number of fused-ring (bicyclic) bond motifs is 3. The first-order valence-electron chi connectivity index (χ1n) is 8.81. The van der Waals surface area contributed by atoms with E-state index in [1.165, 1.54) is 36.6 Å². The number of nitrogens with zero attached hydrogens (tertiary/aromatic N) is 1. The van der Waals surface area contributed by atoms with Crippen LogP contribution in [0, 0.1) is 5.92 Å². The molecule has 0 saturated heterocycles. The fourth-order valence-electron chi connectivity index (χ4n) is 4.05. The summed E-state index contributed by atoms with van der Waals surface area (Å²) in [5.74, 6) is 0.768. The third-order valence-corrected chi connectivity index (χ3v) is 5.37. The molecule has 1 saturated carbocycles. The van der Waals surface area contributed by atoms with Crippen molar-refractivity contribution in [3.05, 3.63) is 35.5 Å². The summed E-state index contributed by atoms with van der Waals surface area (Å²) >= 11 is 0. The molecule has 2 heterocycles. The summed E-state index contributed by atoms with van der Waals surface area (Å²) < 4.78 is 5.51. The van der Waals surface area contributed by atoms with E-state index in [4.69, 9.17) is 4.74 Å². The van der Waals surface area contributed by atoms with E-state index in [0.717, 1.165) is 36.5 Å². The first-order valence-corrected chi connectivity index (χ1v) is 8.81. The van der Waals surface area contributed by atoms with E-state index in [0.29, 0.717) is 13.2 Å². The highest BCUT2D eigenvalue weighted by Gasteiger charge is 2.25. The number of H-pyrrole nitrogens is 1. The van der Waals surface area contributed by atoms with Gasteiger partial charge in [-0.15, -0.1) is 0 Å². The average molecular weight is 312 g/mol. The lowest BCUT2D eigenvalue weighted by Gasteiger charge is -2.26. The second-order valence-corrected chi connectivity index (χ2v) is 6.85. The van der Waals surface area contributed by atoms with E-state index in [1.54, 1.807) is 0 Å². The molecule has 1 fully saturated rings. The van der Waals surface area contributed by atoms with Crippen LogP contribution in [0.4, 0.5) is 4.79 Å². The lowest BCUT2D eigenvalue weighted by Crippen LogP contribution is -2.36. The average Bonchev–Trinajstić information content (AvgIpc) is 3.21. The van der Waals surface area contributed by atoms with Crippen molar-refractivity contribution in [3.63, 3.8) is 0 Å². The third-order valence-electron chi connectivity index (χ3n) is 5.37. The zero-order valence-electron chi connectivity index (χ0n) is 13.5. The monoisotopic (exact) mass is 312 g/mol. The van der Waals surface area contributed by atoms with Gasteiger partial charge in [0.15, 0.2) is 0 Å². The van der Waals surface area contributed by atoms with Crippen LogP contribution >= 0.6 is 0 Å². The largest absolute Gasteiger partial charge is 0.449 e. The molecule has 4 heteroatoms. The maximum absolute atomic E-state index is 12.3. The molecule has 2 aromatic rings. The van der Waals surface area contributed by atoms with E-state index < -0.39 is 0 Å². The summed E-state index contributed by atoms with van der Waals surface area (Å²) in [6.45, 7) is 1.95. The van der Waals surface area contributed by atoms with Crippen LogP contribution in [0.25, 0.3) is 10.9 Å². The molecule has 0 unspecified atom stereocenters. The molecule has 1 aromatic heterocycles. The Morgan fingerprint density at radius 1 is 1.26 bits per heavy atom. The lowest BCUT2D eigenvalue weighted by atomic mass is 10.0. The van der Waals surface area contributed by atoms with Crippen molar-refractivity contribution >= 4 is 17.0 Å². The number of carbonyl (C=O) groups is 1. The van der Waals surface area contributed by atoms with Gasteiger partial charge in [-0.2, -0.15) is 0 Å². The van der Waals surface area contributed by atoms with Gasteiger partial charge in [0.1, 0.15) is 0 Å². The molecular formula is C19H24N2O2. The number of para-hydroxylation sites is 1. The zero-order valence-corrected chi connectivity index (χ0v) is 13.5. The van der Waals surface area contributed by atoms with Crippen LogP contribution in [0.15, 0.2) is 24.3 Å². The molecule has 122 valence electrons. The van der Waals surface area contributed by atoms with Crippen molar-refractivity contribution in [2.75, 3.05) is 13.2 Å². The highest BCUT2D eigenvalue weighted by molar-refractivity contribution is 5.85. The van der Waals surface area contributed by atoms with E-state index in [-0.39, 0.29) is 6.09 Å². The molecule has 2 aliphatic rings. The number of aromatic amines is 1. The third kappa shape index (κ3) is 2.94. The molecule has 23 heavy (non-hydrogen) atoms. The summed E-state index contributed by atoms with van der Waals surface area (Å²) in [6, 6.07) is 8.36. The molecule has 0 spiro atoms. The molecule has 4 nitrogen and oxygen atoms in total. The van der Waals surface area contributed by atoms with Crippen molar-refractivity contribution in [1.82, 2.24) is 9.88 Å². The van der Waals surface area contributed by atoms with Crippen LogP contribution in [0.2, 0.25) is 0 Å². The van der Waals surface area contributed by atoms with Gasteiger partial charge < -0.3 is 14.6 Å². The second-order valence-electron chi connectivity index (χ2n) is 6.85. The Morgan fingerprint density at radius 3 is 2.96 bits per heavy atom. The SMILES string of the molecule is O=C(OCCC1CCCC1)N1CCc2c([nH]c3ccccc23)C1. The zero-order chi connectivity index (χ0) is 15.6. The minimum absolute atomic E-state index is 0.160. The molecule has 1 amide bonds. The number of benzene rings is 1. The summed E-state index contributed by atoms with van der Waals surface area (Å²) in [7, 11) is 0. The molecule has 1 aliphatic carbocycles. The summed E-state index contributed by atoms with van der Waals surface area (Å²) in [5.41, 5.74) is 3.68. The summed E-state index contributed by atoms with van der Waals surface area (Å²) in [6.07, 6.45) is 7.06. The quantitative estimate of drug-likeness (QED) is 0.921. The lowest BCUT2D eigenvalue weighted by molar-refractivity contribution is 0.0923. The van der Waals surface area contributed by atoms with Crippen molar-refractivity contribution in [1.29, 1.82) is 0 Å². The van der Waals surface area contributed by atoms with E-state index >= 15 is 0 Å². The molecule has 1 N–H and O–H groups in total. The Bertz CT molecular complexity index is 700. The standard InChI is InChI=1S/C19H24N2O2/c22-19(23-12-10-14-5-1-2-6-14)21-11-9-16-15-7-3-4-8-17(15)20-18(16)13-21/h3-4,7-8,14,20H,1-2,5-6,9-13H2. The topological polar surface area (TPSA) is 45.3 Å². The van der Waals surface area contributed by atoms with Gasteiger partial charge in [-0.1, -0.05) is 43.9 Å². The number of nitrogens with one attached hydrogen (secondary N) is 1. The second kappa shape index (κ2) is 6.26. The highest BCUT2D eigenvalue weighted by atomic mass is 16.6. The smallest absolute Gasteiger partial charge is 0.410 e. The van der Waals surface area contributed by atoms with E-state index in [9.17, 15) is 4.79 Å². The Balaban J connectivity index is 1.36. The number of rotatable bonds is 3. The minimum Gasteiger partial charge on any atom is -0.449 e. The predicted molar refractivity (Wildman–Crippen MR) is 90.3 cm³/mol. The highest BCUT2D eigenvalue weighted by Crippen LogP contribution is 2.29. The van der Waals surface area contributed by atoms with Crippen LogP contribution in [-0.2, 0) is 17.7 Å². The van der Waals surface area contributed by atoms with E-state index in [1.807, 2.05) is 11.0 Å². The van der Waals surface area contributed by atoms with Crippen LogP contribution in [0.3, 0.4) is 0 Å². The Labute approximate surface area is 136 Å². The van der Waals surface area contributed by atoms with Crippen molar-refractivity contribution in [3.8, 4) is 0 Å². The maximum atomic E-state index is 12.3.